The van der Waals surface area contributed by atoms with Crippen LogP contribution in [0.15, 0.2) is 0 Å². The van der Waals surface area contributed by atoms with Crippen LogP contribution in [0.1, 0.15) is 34.6 Å². The van der Waals surface area contributed by atoms with Crippen LogP contribution in [0.4, 0.5) is 0 Å². The first kappa shape index (κ1) is 14.0. The number of hydrogen-bond donors (Lipinski definition) is 0. The van der Waals surface area contributed by atoms with Crippen molar-refractivity contribution in [1.29, 1.82) is 5.26 Å². The number of hydrogen-bond acceptors (Lipinski definition) is 2. The van der Waals surface area contributed by atoms with Crippen molar-refractivity contribution in [2.45, 2.75) is 52.4 Å². The predicted octanol–water partition coefficient (Wildman–Crippen LogP) is 3.45. The second-order valence-corrected chi connectivity index (χ2v) is 7.70. The molecule has 0 saturated heterocycles. The molecule has 0 spiro atoms. The van der Waals surface area contributed by atoms with Crippen LogP contribution < -0.4 is 0 Å². The molecule has 0 heterocycles. The van der Waals surface area contributed by atoms with Crippen molar-refractivity contribution in [3.8, 4) is 6.07 Å². The molecule has 2 atom stereocenters. The minimum atomic E-state index is -3.06. The van der Waals surface area contributed by atoms with Crippen molar-refractivity contribution < 1.29 is 4.57 Å². The highest BCUT2D eigenvalue weighted by molar-refractivity contribution is 7.88. The summed E-state index contributed by atoms with van der Waals surface area (Å²) in [4.78, 5) is 0. The van der Waals surface area contributed by atoms with Gasteiger partial charge in [-0.2, -0.15) is 5.26 Å². The van der Waals surface area contributed by atoms with Gasteiger partial charge in [0.25, 0.3) is 6.65 Å². The zero-order valence-corrected chi connectivity index (χ0v) is 11.0. The van der Waals surface area contributed by atoms with Crippen LogP contribution in [-0.4, -0.2) is 22.4 Å². The van der Waals surface area contributed by atoms with Gasteiger partial charge >= 0.3 is 0 Å². The molecular formula is C9H18ClN2OP. The van der Waals surface area contributed by atoms with Gasteiger partial charge in [-0.15, -0.1) is 0 Å². The molecule has 0 bridgehead atoms. The van der Waals surface area contributed by atoms with Crippen LogP contribution >= 0.6 is 17.9 Å². The molecule has 0 fully saturated rings. The molecule has 0 aliphatic rings. The van der Waals surface area contributed by atoms with Crippen LogP contribution in [0.2, 0.25) is 0 Å². The van der Waals surface area contributed by atoms with E-state index >= 15 is 0 Å². The van der Waals surface area contributed by atoms with Crippen molar-refractivity contribution in [1.82, 2.24) is 4.67 Å². The van der Waals surface area contributed by atoms with Crippen molar-refractivity contribution in [2.24, 2.45) is 0 Å². The lowest BCUT2D eigenvalue weighted by Crippen LogP contribution is -2.34. The Bertz CT molecular complexity index is 264. The summed E-state index contributed by atoms with van der Waals surface area (Å²) < 4.78 is 13.9. The Morgan fingerprint density at radius 2 is 1.57 bits per heavy atom. The van der Waals surface area contributed by atoms with E-state index in [0.29, 0.717) is 0 Å². The molecule has 5 heteroatoms. The van der Waals surface area contributed by atoms with Gasteiger partial charge in [-0.05, 0) is 45.9 Å². The molecule has 0 aliphatic carbocycles. The Kier molecular flexibility index (Phi) is 5.15. The summed E-state index contributed by atoms with van der Waals surface area (Å²) in [5, 5.41) is 8.75. The van der Waals surface area contributed by atoms with Crippen LogP contribution in [0, 0.1) is 11.3 Å². The molecule has 0 aromatic carbocycles. The number of rotatable bonds is 4. The maximum Gasteiger partial charge on any atom is 0.251 e. The summed E-state index contributed by atoms with van der Waals surface area (Å²) in [7, 11) is 0. The van der Waals surface area contributed by atoms with E-state index < -0.39 is 12.3 Å². The smallest absolute Gasteiger partial charge is 0.251 e. The fraction of sp³-hybridized carbons (Fsp3) is 0.889. The zero-order chi connectivity index (χ0) is 11.5. The molecule has 0 amide bonds. The van der Waals surface area contributed by atoms with E-state index in [-0.39, 0.29) is 12.1 Å². The van der Waals surface area contributed by atoms with Gasteiger partial charge in [0.15, 0.2) is 0 Å². The van der Waals surface area contributed by atoms with E-state index in [4.69, 9.17) is 16.5 Å². The molecule has 0 radical (unpaired) electrons. The number of nitrogens with zero attached hydrogens (tertiary/aromatic N) is 2. The second kappa shape index (κ2) is 5.16. The summed E-state index contributed by atoms with van der Waals surface area (Å²) in [5.41, 5.74) is -0.631. The maximum absolute atomic E-state index is 12.2. The fourth-order valence-electron chi connectivity index (χ4n) is 1.50. The molecule has 14 heavy (non-hydrogen) atoms. The number of nitriles is 1. The number of halogens is 1. The summed E-state index contributed by atoms with van der Waals surface area (Å²) >= 11 is 6.00. The van der Waals surface area contributed by atoms with Crippen molar-refractivity contribution in [2.75, 3.05) is 0 Å². The van der Waals surface area contributed by atoms with Crippen LogP contribution in [0.5, 0.6) is 0 Å². The molecule has 0 aliphatic heterocycles. The predicted molar refractivity (Wildman–Crippen MR) is 60.6 cm³/mol. The van der Waals surface area contributed by atoms with Crippen LogP contribution in [0.3, 0.4) is 0 Å². The maximum atomic E-state index is 12.2. The first-order chi connectivity index (χ1) is 6.25. The Morgan fingerprint density at radius 1 is 1.21 bits per heavy atom. The monoisotopic (exact) mass is 236 g/mol. The van der Waals surface area contributed by atoms with E-state index in [1.54, 1.807) is 11.6 Å². The molecule has 3 nitrogen and oxygen atoms in total. The highest BCUT2D eigenvalue weighted by Gasteiger charge is 2.37. The van der Waals surface area contributed by atoms with E-state index in [0.717, 1.165) is 0 Å². The summed E-state index contributed by atoms with van der Waals surface area (Å²) in [6.45, 7) is 6.26. The molecule has 0 rings (SSSR count). The molecule has 0 saturated carbocycles. The molecule has 0 N–H and O–H groups in total. The van der Waals surface area contributed by atoms with E-state index in [9.17, 15) is 4.57 Å². The lowest BCUT2D eigenvalue weighted by atomic mass is 10.3. The lowest BCUT2D eigenvalue weighted by Gasteiger charge is -2.35. The van der Waals surface area contributed by atoms with Gasteiger partial charge in [-0.25, -0.2) is 4.67 Å². The minimum absolute atomic E-state index is 0.0779. The molecule has 82 valence electrons. The molecule has 0 aromatic rings. The molecule has 2 unspecified atom stereocenters. The van der Waals surface area contributed by atoms with Gasteiger partial charge in [-0.3, -0.25) is 4.57 Å². The highest BCUT2D eigenvalue weighted by Crippen LogP contribution is 2.60. The highest BCUT2D eigenvalue weighted by atomic mass is 35.7. The van der Waals surface area contributed by atoms with Crippen molar-refractivity contribution in [3.05, 3.63) is 0 Å². The summed E-state index contributed by atoms with van der Waals surface area (Å²) in [6, 6.07) is 2.11. The lowest BCUT2D eigenvalue weighted by molar-refractivity contribution is 0.304. The van der Waals surface area contributed by atoms with Gasteiger partial charge in [0.05, 0.1) is 6.07 Å². The summed E-state index contributed by atoms with van der Waals surface area (Å²) in [5.74, 6) is 0. The zero-order valence-electron chi connectivity index (χ0n) is 9.36. The Balaban J connectivity index is 5.03. The van der Waals surface area contributed by atoms with Crippen molar-refractivity contribution >= 4 is 17.9 Å². The molecular weight excluding hydrogens is 219 g/mol. The topological polar surface area (TPSA) is 44.1 Å². The second-order valence-electron chi connectivity index (χ2n) is 3.92. The van der Waals surface area contributed by atoms with E-state index in [1.165, 1.54) is 0 Å². The molecule has 0 aromatic heterocycles. The average molecular weight is 237 g/mol. The normalized spacial score (nSPS) is 18.3. The largest absolute Gasteiger partial charge is 0.288 e. The van der Waals surface area contributed by atoms with Crippen molar-refractivity contribution in [3.63, 3.8) is 0 Å². The van der Waals surface area contributed by atoms with Crippen LogP contribution in [0.25, 0.3) is 0 Å². The van der Waals surface area contributed by atoms with E-state index in [1.807, 2.05) is 33.8 Å². The van der Waals surface area contributed by atoms with Gasteiger partial charge in [0.2, 0.25) is 0 Å². The van der Waals surface area contributed by atoms with E-state index in [2.05, 4.69) is 0 Å². The SMILES string of the molecule is CC(C)N(C(C)C)P(=O)(Cl)C(C)C#N. The van der Waals surface area contributed by atoms with Gasteiger partial charge in [-0.1, -0.05) is 0 Å². The fourth-order valence-corrected chi connectivity index (χ4v) is 4.48. The minimum Gasteiger partial charge on any atom is -0.288 e. The third kappa shape index (κ3) is 2.98. The Morgan fingerprint density at radius 3 is 1.79 bits per heavy atom. The van der Waals surface area contributed by atoms with Crippen LogP contribution in [-0.2, 0) is 4.57 Å². The van der Waals surface area contributed by atoms with Gasteiger partial charge in [0.1, 0.15) is 5.66 Å². The first-order valence-corrected chi connectivity index (χ1v) is 7.36. The third-order valence-corrected chi connectivity index (χ3v) is 6.06. The Labute approximate surface area is 91.3 Å². The van der Waals surface area contributed by atoms with Gasteiger partial charge in [0, 0.05) is 12.1 Å². The standard InChI is InChI=1S/C9H18ClN2OP/c1-7(2)12(8(3)4)14(10,13)9(5)6-11/h7-9H,1-5H3. The van der Waals surface area contributed by atoms with Gasteiger partial charge < -0.3 is 0 Å². The third-order valence-electron chi connectivity index (χ3n) is 2.04. The summed E-state index contributed by atoms with van der Waals surface area (Å²) in [6.07, 6.45) is 0. The quantitative estimate of drug-likeness (QED) is 0.703. The first-order valence-electron chi connectivity index (χ1n) is 4.73. The Hall–Kier alpha value is -0.0300. The average Bonchev–Trinajstić information content (AvgIpc) is 2.00.